The van der Waals surface area contributed by atoms with Crippen molar-refractivity contribution in [3.8, 4) is 0 Å². The molecule has 8 nitrogen and oxygen atoms in total. The maximum absolute atomic E-state index is 12.5. The second kappa shape index (κ2) is 8.29. The molecule has 1 atom stereocenters. The summed E-state index contributed by atoms with van der Waals surface area (Å²) in [4.78, 5) is 24.8. The summed E-state index contributed by atoms with van der Waals surface area (Å²) in [5.41, 5.74) is 0.979. The average Bonchev–Trinajstić information content (AvgIpc) is 2.92. The summed E-state index contributed by atoms with van der Waals surface area (Å²) >= 11 is 3.29. The van der Waals surface area contributed by atoms with Gasteiger partial charge >= 0.3 is 5.69 Å². The maximum Gasteiger partial charge on any atom is 0.366 e. The van der Waals surface area contributed by atoms with Crippen LogP contribution in [0.25, 0.3) is 5.52 Å². The van der Waals surface area contributed by atoms with Crippen LogP contribution in [0.15, 0.2) is 15.5 Å². The number of hydrogen-bond donors (Lipinski definition) is 2. The predicted octanol–water partition coefficient (Wildman–Crippen LogP) is 1.07. The third-order valence-electron chi connectivity index (χ3n) is 4.07. The van der Waals surface area contributed by atoms with Crippen molar-refractivity contribution in [1.29, 1.82) is 0 Å². The van der Waals surface area contributed by atoms with E-state index in [9.17, 15) is 9.59 Å². The minimum atomic E-state index is -0.419. The van der Waals surface area contributed by atoms with Crippen LogP contribution in [-0.2, 0) is 11.3 Å². The second-order valence-electron chi connectivity index (χ2n) is 6.36. The highest BCUT2D eigenvalue weighted by atomic mass is 79.9. The number of nitrogens with zero attached hydrogens (tertiary/aromatic N) is 4. The molecule has 3 rings (SSSR count). The van der Waals surface area contributed by atoms with Gasteiger partial charge in [-0.15, -0.1) is 12.4 Å². The van der Waals surface area contributed by atoms with Gasteiger partial charge in [-0.25, -0.2) is 9.48 Å². The van der Waals surface area contributed by atoms with Crippen LogP contribution in [0.1, 0.15) is 38.3 Å². The molecule has 1 aliphatic rings. The first-order valence-corrected chi connectivity index (χ1v) is 8.91. The average molecular weight is 434 g/mol. The monoisotopic (exact) mass is 432 g/mol. The fourth-order valence-corrected chi connectivity index (χ4v) is 3.29. The minimum Gasteiger partial charge on any atom is -0.350 e. The Morgan fingerprint density at radius 2 is 2.24 bits per heavy atom. The SMILES string of the molecule is CC(C)c1nn(CC(=O)N[C@@H]2CCCNC2)c(=O)n2nc(Br)cc12.Cl. The van der Waals surface area contributed by atoms with Crippen molar-refractivity contribution in [3.63, 3.8) is 0 Å². The molecule has 1 amide bonds. The van der Waals surface area contributed by atoms with Gasteiger partial charge < -0.3 is 10.6 Å². The van der Waals surface area contributed by atoms with Crippen molar-refractivity contribution in [3.05, 3.63) is 26.8 Å². The van der Waals surface area contributed by atoms with Crippen molar-refractivity contribution in [2.24, 2.45) is 0 Å². The summed E-state index contributed by atoms with van der Waals surface area (Å²) in [5.74, 6) is -0.105. The number of halogens is 2. The van der Waals surface area contributed by atoms with E-state index in [1.54, 1.807) is 6.07 Å². The normalized spacial score (nSPS) is 17.5. The molecule has 0 unspecified atom stereocenters. The molecule has 0 bridgehead atoms. The number of piperidine rings is 1. The lowest BCUT2D eigenvalue weighted by Crippen LogP contribution is -2.47. The van der Waals surface area contributed by atoms with Gasteiger partial charge in [-0.2, -0.15) is 14.7 Å². The summed E-state index contributed by atoms with van der Waals surface area (Å²) in [7, 11) is 0. The molecule has 1 fully saturated rings. The molecular formula is C15H22BrClN6O2. The molecular weight excluding hydrogens is 412 g/mol. The second-order valence-corrected chi connectivity index (χ2v) is 7.17. The third-order valence-corrected chi connectivity index (χ3v) is 4.46. The number of amides is 1. The molecule has 0 aliphatic carbocycles. The van der Waals surface area contributed by atoms with E-state index < -0.39 is 5.69 Å². The summed E-state index contributed by atoms with van der Waals surface area (Å²) in [5, 5.41) is 14.8. The van der Waals surface area contributed by atoms with Crippen LogP contribution >= 0.6 is 28.3 Å². The molecule has 10 heteroatoms. The summed E-state index contributed by atoms with van der Waals surface area (Å²) in [6.45, 7) is 5.62. The lowest BCUT2D eigenvalue weighted by atomic mass is 10.1. The Morgan fingerprint density at radius 1 is 1.48 bits per heavy atom. The topological polar surface area (TPSA) is 93.3 Å². The Balaban J connectivity index is 0.00000225. The zero-order chi connectivity index (χ0) is 17.3. The van der Waals surface area contributed by atoms with Gasteiger partial charge in [0.2, 0.25) is 5.91 Å². The van der Waals surface area contributed by atoms with E-state index in [1.165, 1.54) is 9.20 Å². The number of aromatic nitrogens is 4. The van der Waals surface area contributed by atoms with Crippen LogP contribution in [0.4, 0.5) is 0 Å². The number of hydrogen-bond acceptors (Lipinski definition) is 5. The molecule has 25 heavy (non-hydrogen) atoms. The van der Waals surface area contributed by atoms with Crippen LogP contribution in [-0.4, -0.2) is 44.4 Å². The molecule has 0 radical (unpaired) electrons. The van der Waals surface area contributed by atoms with Crippen LogP contribution in [0, 0.1) is 0 Å². The lowest BCUT2D eigenvalue weighted by Gasteiger charge is -2.23. The summed E-state index contributed by atoms with van der Waals surface area (Å²) in [6, 6.07) is 1.87. The van der Waals surface area contributed by atoms with Crippen LogP contribution in [0.2, 0.25) is 0 Å². The third kappa shape index (κ3) is 4.39. The maximum atomic E-state index is 12.5. The van der Waals surface area contributed by atoms with Crippen molar-refractivity contribution in [2.45, 2.75) is 45.2 Å². The highest BCUT2D eigenvalue weighted by Gasteiger charge is 2.19. The highest BCUT2D eigenvalue weighted by Crippen LogP contribution is 2.19. The highest BCUT2D eigenvalue weighted by molar-refractivity contribution is 9.10. The molecule has 0 aromatic carbocycles. The Labute approximate surface area is 159 Å². The minimum absolute atomic E-state index is 0. The first-order chi connectivity index (χ1) is 11.5. The van der Waals surface area contributed by atoms with Crippen molar-refractivity contribution >= 4 is 39.8 Å². The van der Waals surface area contributed by atoms with Crippen LogP contribution in [0.5, 0.6) is 0 Å². The first-order valence-electron chi connectivity index (χ1n) is 8.12. The van der Waals surface area contributed by atoms with E-state index in [4.69, 9.17) is 0 Å². The Bertz CT molecular complexity index is 812. The molecule has 0 spiro atoms. The predicted molar refractivity (Wildman–Crippen MR) is 100 cm³/mol. The van der Waals surface area contributed by atoms with Crippen molar-refractivity contribution in [2.75, 3.05) is 13.1 Å². The number of nitrogens with one attached hydrogen (secondary N) is 2. The van der Waals surface area contributed by atoms with Gasteiger partial charge in [0.1, 0.15) is 11.1 Å². The van der Waals surface area contributed by atoms with Gasteiger partial charge in [0.05, 0.1) is 11.2 Å². The van der Waals surface area contributed by atoms with Gasteiger partial charge in [0.15, 0.2) is 0 Å². The largest absolute Gasteiger partial charge is 0.366 e. The van der Waals surface area contributed by atoms with Gasteiger partial charge in [0, 0.05) is 18.7 Å². The van der Waals surface area contributed by atoms with E-state index in [1.807, 2.05) is 13.8 Å². The Morgan fingerprint density at radius 3 is 2.88 bits per heavy atom. The smallest absolute Gasteiger partial charge is 0.350 e. The molecule has 0 saturated carbocycles. The summed E-state index contributed by atoms with van der Waals surface area (Å²) in [6.07, 6.45) is 1.98. The fourth-order valence-electron chi connectivity index (χ4n) is 2.91. The van der Waals surface area contributed by atoms with Crippen LogP contribution in [0.3, 0.4) is 0 Å². The molecule has 2 aromatic rings. The Kier molecular flexibility index (Phi) is 6.59. The van der Waals surface area contributed by atoms with Crippen LogP contribution < -0.4 is 16.3 Å². The number of carbonyl (C=O) groups excluding carboxylic acids is 1. The van der Waals surface area contributed by atoms with Gasteiger partial charge in [-0.1, -0.05) is 13.8 Å². The van der Waals surface area contributed by atoms with Crippen molar-refractivity contribution < 1.29 is 4.79 Å². The summed E-state index contributed by atoms with van der Waals surface area (Å²) < 4.78 is 3.05. The number of rotatable bonds is 4. The molecule has 2 N–H and O–H groups in total. The van der Waals surface area contributed by atoms with E-state index in [2.05, 4.69) is 36.8 Å². The molecule has 2 aromatic heterocycles. The number of carbonyl (C=O) groups is 1. The molecule has 3 heterocycles. The lowest BCUT2D eigenvalue weighted by molar-refractivity contribution is -0.122. The van der Waals surface area contributed by atoms with E-state index in [0.717, 1.165) is 31.6 Å². The Hall–Kier alpha value is -1.45. The number of fused-ring (bicyclic) bond motifs is 1. The standard InChI is InChI=1S/C15H21BrN6O2.ClH/c1-9(2)14-11-6-12(16)19-22(11)15(24)21(20-14)8-13(23)18-10-4-3-5-17-7-10;/h6,9-10,17H,3-5,7-8H2,1-2H3,(H,18,23);1H/t10-;/m1./s1. The molecule has 1 saturated heterocycles. The van der Waals surface area contributed by atoms with Crippen molar-refractivity contribution in [1.82, 2.24) is 30.0 Å². The zero-order valence-corrected chi connectivity index (χ0v) is 16.6. The molecule has 138 valence electrons. The van der Waals surface area contributed by atoms with Gasteiger partial charge in [0.25, 0.3) is 0 Å². The van der Waals surface area contributed by atoms with E-state index in [0.29, 0.717) is 10.1 Å². The fraction of sp³-hybridized carbons (Fsp3) is 0.600. The first kappa shape index (κ1) is 19.9. The van der Waals surface area contributed by atoms with E-state index in [-0.39, 0.29) is 36.8 Å². The molecule has 1 aliphatic heterocycles. The van der Waals surface area contributed by atoms with Gasteiger partial charge in [-0.05, 0) is 41.2 Å². The van der Waals surface area contributed by atoms with Gasteiger partial charge in [-0.3, -0.25) is 4.79 Å². The zero-order valence-electron chi connectivity index (χ0n) is 14.2. The van der Waals surface area contributed by atoms with E-state index >= 15 is 0 Å². The quantitative estimate of drug-likeness (QED) is 0.752.